The van der Waals surface area contributed by atoms with Crippen LogP contribution in [-0.4, -0.2) is 36.2 Å². The molecule has 146 valence electrons. The van der Waals surface area contributed by atoms with E-state index in [1.165, 1.54) is 11.3 Å². The lowest BCUT2D eigenvalue weighted by Crippen LogP contribution is -2.46. The Balaban J connectivity index is 1.54. The molecule has 0 radical (unpaired) electrons. The van der Waals surface area contributed by atoms with Crippen LogP contribution in [0.4, 0.5) is 5.69 Å². The Hall–Kier alpha value is -2.79. The zero-order valence-corrected chi connectivity index (χ0v) is 16.4. The Labute approximate surface area is 164 Å². The number of hydrogen-bond donors (Lipinski definition) is 1. The fourth-order valence-corrected chi connectivity index (χ4v) is 4.03. The summed E-state index contributed by atoms with van der Waals surface area (Å²) in [5, 5.41) is 11.0. The smallest absolute Gasteiger partial charge is 0.336 e. The maximum Gasteiger partial charge on any atom is 0.336 e. The van der Waals surface area contributed by atoms with Gasteiger partial charge in [-0.15, -0.1) is 0 Å². The molecule has 0 spiro atoms. The van der Waals surface area contributed by atoms with Crippen LogP contribution < -0.4 is 10.5 Å². The third-order valence-corrected chi connectivity index (χ3v) is 5.63. The van der Waals surface area contributed by atoms with Gasteiger partial charge >= 0.3 is 5.63 Å². The van der Waals surface area contributed by atoms with E-state index < -0.39 is 0 Å². The minimum atomic E-state index is -0.371. The lowest BCUT2D eigenvalue weighted by atomic mass is 10.0. The molecule has 0 bridgehead atoms. The molecule has 5 heteroatoms. The van der Waals surface area contributed by atoms with E-state index in [-0.39, 0.29) is 11.4 Å². The molecule has 0 amide bonds. The molecule has 1 fully saturated rings. The normalized spacial score (nSPS) is 15.3. The minimum absolute atomic E-state index is 0.183. The molecular weight excluding hydrogens is 352 g/mol. The van der Waals surface area contributed by atoms with E-state index in [1.54, 1.807) is 12.1 Å². The summed E-state index contributed by atoms with van der Waals surface area (Å²) in [5.74, 6) is 0.183. The Kier molecular flexibility index (Phi) is 5.09. The van der Waals surface area contributed by atoms with Gasteiger partial charge in [0.25, 0.3) is 0 Å². The summed E-state index contributed by atoms with van der Waals surface area (Å²) in [6, 6.07) is 13.6. The predicted molar refractivity (Wildman–Crippen MR) is 112 cm³/mol. The molecule has 1 aliphatic heterocycles. The Morgan fingerprint density at radius 1 is 1.04 bits per heavy atom. The molecule has 4 rings (SSSR count). The van der Waals surface area contributed by atoms with Gasteiger partial charge in [-0.05, 0) is 42.2 Å². The van der Waals surface area contributed by atoms with Gasteiger partial charge < -0.3 is 14.4 Å². The molecule has 1 N–H and O–H groups in total. The summed E-state index contributed by atoms with van der Waals surface area (Å²) in [7, 11) is 0. The maximum atomic E-state index is 12.0. The highest BCUT2D eigenvalue weighted by molar-refractivity contribution is 5.82. The average molecular weight is 378 g/mol. The Morgan fingerprint density at radius 3 is 2.50 bits per heavy atom. The molecule has 1 aliphatic rings. The second-order valence-corrected chi connectivity index (χ2v) is 7.47. The van der Waals surface area contributed by atoms with Crippen LogP contribution in [0.3, 0.4) is 0 Å². The van der Waals surface area contributed by atoms with Crippen molar-refractivity contribution >= 4 is 16.7 Å². The van der Waals surface area contributed by atoms with Crippen molar-refractivity contribution in [3.8, 4) is 5.75 Å². The first-order chi connectivity index (χ1) is 13.5. The van der Waals surface area contributed by atoms with Gasteiger partial charge in [-0.25, -0.2) is 4.79 Å². The number of phenolic OH excluding ortho intramolecular Hbond substituents is 1. The van der Waals surface area contributed by atoms with Gasteiger partial charge in [0.1, 0.15) is 11.3 Å². The van der Waals surface area contributed by atoms with Crippen molar-refractivity contribution in [1.29, 1.82) is 0 Å². The van der Waals surface area contributed by atoms with Crippen molar-refractivity contribution < 1.29 is 9.52 Å². The van der Waals surface area contributed by atoms with E-state index >= 15 is 0 Å². The summed E-state index contributed by atoms with van der Waals surface area (Å²) >= 11 is 0. The fourth-order valence-electron chi connectivity index (χ4n) is 4.03. The van der Waals surface area contributed by atoms with E-state index in [1.807, 2.05) is 13.0 Å². The highest BCUT2D eigenvalue weighted by atomic mass is 16.4. The second kappa shape index (κ2) is 7.68. The molecule has 0 unspecified atom stereocenters. The number of aryl methyl sites for hydroxylation is 2. The SMILES string of the molecule is CCc1cc2c(CN3CCN(c4ccccc4C)CC3)cc(=O)oc2cc1O. The summed E-state index contributed by atoms with van der Waals surface area (Å²) < 4.78 is 5.32. The first-order valence-corrected chi connectivity index (χ1v) is 9.86. The highest BCUT2D eigenvalue weighted by Gasteiger charge is 2.20. The zero-order chi connectivity index (χ0) is 19.7. The number of benzene rings is 2. The quantitative estimate of drug-likeness (QED) is 0.702. The highest BCUT2D eigenvalue weighted by Crippen LogP contribution is 2.28. The van der Waals surface area contributed by atoms with Gasteiger partial charge in [0.15, 0.2) is 0 Å². The van der Waals surface area contributed by atoms with Gasteiger partial charge in [-0.2, -0.15) is 0 Å². The Bertz CT molecular complexity index is 1050. The van der Waals surface area contributed by atoms with Crippen molar-refractivity contribution in [1.82, 2.24) is 4.90 Å². The van der Waals surface area contributed by atoms with E-state index in [9.17, 15) is 9.90 Å². The Morgan fingerprint density at radius 2 is 1.79 bits per heavy atom. The lowest BCUT2D eigenvalue weighted by molar-refractivity contribution is 0.250. The van der Waals surface area contributed by atoms with Crippen LogP contribution in [0.5, 0.6) is 5.75 Å². The predicted octanol–water partition coefficient (Wildman–Crippen LogP) is 3.69. The number of hydrogen-bond acceptors (Lipinski definition) is 5. The molecule has 1 aromatic heterocycles. The number of fused-ring (bicyclic) bond motifs is 1. The third-order valence-electron chi connectivity index (χ3n) is 5.63. The standard InChI is InChI=1S/C23H26N2O3/c1-3-17-12-19-18(13-23(27)28-22(19)14-21(17)26)15-24-8-10-25(11-9-24)20-7-5-4-6-16(20)2/h4-7,12-14,26H,3,8-11,15H2,1-2H3. The van der Waals surface area contributed by atoms with Crippen LogP contribution in [0.2, 0.25) is 0 Å². The summed E-state index contributed by atoms with van der Waals surface area (Å²) in [4.78, 5) is 16.8. The van der Waals surface area contributed by atoms with Crippen LogP contribution in [-0.2, 0) is 13.0 Å². The van der Waals surface area contributed by atoms with E-state index in [4.69, 9.17) is 4.42 Å². The zero-order valence-electron chi connectivity index (χ0n) is 16.4. The third kappa shape index (κ3) is 3.62. The molecule has 0 aliphatic carbocycles. The molecule has 2 heterocycles. The van der Waals surface area contributed by atoms with Gasteiger partial charge in [0, 0.05) is 55.9 Å². The molecular formula is C23H26N2O3. The number of phenols is 1. The van der Waals surface area contributed by atoms with E-state index in [0.29, 0.717) is 12.1 Å². The minimum Gasteiger partial charge on any atom is -0.508 e. The lowest BCUT2D eigenvalue weighted by Gasteiger charge is -2.37. The largest absolute Gasteiger partial charge is 0.508 e. The molecule has 28 heavy (non-hydrogen) atoms. The summed E-state index contributed by atoms with van der Waals surface area (Å²) in [5.41, 5.74) is 4.52. The molecule has 0 saturated carbocycles. The topological polar surface area (TPSA) is 56.9 Å². The van der Waals surface area contributed by atoms with Crippen molar-refractivity contribution in [2.45, 2.75) is 26.8 Å². The fraction of sp³-hybridized carbons (Fsp3) is 0.348. The first kappa shape index (κ1) is 18.6. The number of piperazine rings is 1. The van der Waals surface area contributed by atoms with Crippen molar-refractivity contribution in [2.75, 3.05) is 31.1 Å². The maximum absolute atomic E-state index is 12.0. The van der Waals surface area contributed by atoms with Gasteiger partial charge in [-0.1, -0.05) is 25.1 Å². The van der Waals surface area contributed by atoms with Crippen molar-refractivity contribution in [3.05, 3.63) is 69.6 Å². The number of aromatic hydroxyl groups is 1. The summed E-state index contributed by atoms with van der Waals surface area (Å²) in [6.45, 7) is 8.67. The molecule has 2 aromatic carbocycles. The number of nitrogens with zero attached hydrogens (tertiary/aromatic N) is 2. The van der Waals surface area contributed by atoms with Crippen molar-refractivity contribution in [3.63, 3.8) is 0 Å². The van der Waals surface area contributed by atoms with E-state index in [2.05, 4.69) is 41.0 Å². The van der Waals surface area contributed by atoms with Crippen LogP contribution in [0.15, 0.2) is 51.7 Å². The first-order valence-electron chi connectivity index (χ1n) is 9.86. The number of anilines is 1. The van der Waals surface area contributed by atoms with Gasteiger partial charge in [-0.3, -0.25) is 4.90 Å². The second-order valence-electron chi connectivity index (χ2n) is 7.47. The van der Waals surface area contributed by atoms with Gasteiger partial charge in [0.2, 0.25) is 0 Å². The molecule has 0 atom stereocenters. The van der Waals surface area contributed by atoms with Crippen LogP contribution >= 0.6 is 0 Å². The summed E-state index contributed by atoms with van der Waals surface area (Å²) in [6.07, 6.45) is 0.732. The van der Waals surface area contributed by atoms with E-state index in [0.717, 1.165) is 49.1 Å². The number of para-hydroxylation sites is 1. The van der Waals surface area contributed by atoms with Crippen LogP contribution in [0.1, 0.15) is 23.6 Å². The van der Waals surface area contributed by atoms with Crippen molar-refractivity contribution in [2.24, 2.45) is 0 Å². The monoisotopic (exact) mass is 378 g/mol. The molecule has 1 saturated heterocycles. The van der Waals surface area contributed by atoms with Crippen LogP contribution in [0.25, 0.3) is 11.0 Å². The van der Waals surface area contributed by atoms with Crippen LogP contribution in [0, 0.1) is 6.92 Å². The van der Waals surface area contributed by atoms with Gasteiger partial charge in [0.05, 0.1) is 0 Å². The number of rotatable bonds is 4. The molecule has 5 nitrogen and oxygen atoms in total. The molecule has 3 aromatic rings. The average Bonchev–Trinajstić information content (AvgIpc) is 2.68.